The monoisotopic (exact) mass is 329 g/mol. The van der Waals surface area contributed by atoms with E-state index in [4.69, 9.17) is 0 Å². The van der Waals surface area contributed by atoms with E-state index in [1.54, 1.807) is 9.80 Å². The second-order valence-corrected chi connectivity index (χ2v) is 6.97. The fourth-order valence-corrected chi connectivity index (χ4v) is 3.93. The molecule has 3 amide bonds. The van der Waals surface area contributed by atoms with Crippen molar-refractivity contribution in [2.75, 3.05) is 18.0 Å². The molecule has 0 spiro atoms. The van der Waals surface area contributed by atoms with Crippen LogP contribution >= 0.6 is 0 Å². The lowest BCUT2D eigenvalue weighted by Gasteiger charge is -2.41. The SMILES string of the molecule is CCC1(NC(=O)N2CCN(c3ccccc3)C(=O)C2C)CCCC1. The zero-order valence-corrected chi connectivity index (χ0v) is 14.6. The lowest BCUT2D eigenvalue weighted by molar-refractivity contribution is -0.124. The number of nitrogens with one attached hydrogen (secondary N) is 1. The topological polar surface area (TPSA) is 52.7 Å². The molecule has 1 unspecified atom stereocenters. The molecule has 1 aromatic rings. The van der Waals surface area contributed by atoms with Gasteiger partial charge in [0.2, 0.25) is 5.91 Å². The minimum Gasteiger partial charge on any atom is -0.333 e. The first kappa shape index (κ1) is 16.8. The van der Waals surface area contributed by atoms with Crippen LogP contribution in [0.2, 0.25) is 0 Å². The van der Waals surface area contributed by atoms with Crippen molar-refractivity contribution in [1.82, 2.24) is 10.2 Å². The number of rotatable bonds is 3. The van der Waals surface area contributed by atoms with Gasteiger partial charge in [0, 0.05) is 24.3 Å². The van der Waals surface area contributed by atoms with Crippen LogP contribution in [0.5, 0.6) is 0 Å². The molecule has 1 heterocycles. The summed E-state index contributed by atoms with van der Waals surface area (Å²) in [6, 6.07) is 9.14. The van der Waals surface area contributed by atoms with Gasteiger partial charge in [-0.25, -0.2) is 4.79 Å². The molecule has 1 aliphatic heterocycles. The Morgan fingerprint density at radius 2 is 1.88 bits per heavy atom. The van der Waals surface area contributed by atoms with Crippen LogP contribution in [0, 0.1) is 0 Å². The second kappa shape index (κ2) is 6.83. The number of carbonyl (C=O) groups excluding carboxylic acids is 2. The molecule has 5 heteroatoms. The summed E-state index contributed by atoms with van der Waals surface area (Å²) in [5, 5.41) is 3.23. The lowest BCUT2D eigenvalue weighted by Crippen LogP contribution is -2.62. The van der Waals surface area contributed by atoms with E-state index in [0.29, 0.717) is 13.1 Å². The first-order valence-corrected chi connectivity index (χ1v) is 9.01. The predicted molar refractivity (Wildman–Crippen MR) is 95.0 cm³/mol. The summed E-state index contributed by atoms with van der Waals surface area (Å²) in [4.78, 5) is 29.0. The van der Waals surface area contributed by atoms with E-state index < -0.39 is 6.04 Å². The highest BCUT2D eigenvalue weighted by atomic mass is 16.2. The molecule has 0 bridgehead atoms. The Morgan fingerprint density at radius 3 is 2.50 bits per heavy atom. The lowest BCUT2D eigenvalue weighted by atomic mass is 9.94. The fraction of sp³-hybridized carbons (Fsp3) is 0.579. The van der Waals surface area contributed by atoms with Gasteiger partial charge in [0.1, 0.15) is 6.04 Å². The van der Waals surface area contributed by atoms with Gasteiger partial charge >= 0.3 is 6.03 Å². The third-order valence-corrected chi connectivity index (χ3v) is 5.59. The number of amides is 3. The largest absolute Gasteiger partial charge is 0.333 e. The molecule has 5 nitrogen and oxygen atoms in total. The fourth-order valence-electron chi connectivity index (χ4n) is 3.93. The minimum absolute atomic E-state index is 0.0143. The van der Waals surface area contributed by atoms with Crippen LogP contribution < -0.4 is 10.2 Å². The van der Waals surface area contributed by atoms with Gasteiger partial charge in [0.15, 0.2) is 0 Å². The van der Waals surface area contributed by atoms with Crippen LogP contribution in [0.15, 0.2) is 30.3 Å². The number of anilines is 1. The Bertz CT molecular complexity index is 596. The van der Waals surface area contributed by atoms with Gasteiger partial charge in [0.25, 0.3) is 0 Å². The number of piperazine rings is 1. The number of urea groups is 1. The summed E-state index contributed by atoms with van der Waals surface area (Å²) in [7, 11) is 0. The standard InChI is InChI=1S/C19H27N3O2/c1-3-19(11-7-8-12-19)20-18(24)21-13-14-22(17(23)15(21)2)16-9-5-4-6-10-16/h4-6,9-10,15H,3,7-8,11-14H2,1-2H3,(H,20,24). The molecule has 0 aromatic heterocycles. The molecule has 1 N–H and O–H groups in total. The summed E-state index contributed by atoms with van der Waals surface area (Å²) in [6.07, 6.45) is 5.38. The van der Waals surface area contributed by atoms with Gasteiger partial charge in [0.05, 0.1) is 0 Å². The van der Waals surface area contributed by atoms with E-state index in [9.17, 15) is 9.59 Å². The van der Waals surface area contributed by atoms with Crippen LogP contribution in [-0.4, -0.2) is 41.5 Å². The molecule has 0 radical (unpaired) electrons. The quantitative estimate of drug-likeness (QED) is 0.926. The average molecular weight is 329 g/mol. The van der Waals surface area contributed by atoms with Crippen molar-refractivity contribution in [2.45, 2.75) is 57.5 Å². The van der Waals surface area contributed by atoms with Crippen molar-refractivity contribution in [3.63, 3.8) is 0 Å². The minimum atomic E-state index is -0.436. The van der Waals surface area contributed by atoms with E-state index in [0.717, 1.165) is 24.9 Å². The maximum absolute atomic E-state index is 12.8. The maximum Gasteiger partial charge on any atom is 0.318 e. The van der Waals surface area contributed by atoms with E-state index >= 15 is 0 Å². The Kier molecular flexibility index (Phi) is 4.78. The van der Waals surface area contributed by atoms with Crippen molar-refractivity contribution in [3.8, 4) is 0 Å². The summed E-state index contributed by atoms with van der Waals surface area (Å²) < 4.78 is 0. The molecule has 2 aliphatic rings. The Morgan fingerprint density at radius 1 is 1.21 bits per heavy atom. The van der Waals surface area contributed by atoms with Crippen molar-refractivity contribution in [2.24, 2.45) is 0 Å². The molecule has 1 saturated carbocycles. The molecule has 2 fully saturated rings. The normalized spacial score (nSPS) is 23.4. The summed E-state index contributed by atoms with van der Waals surface area (Å²) in [5.41, 5.74) is 0.825. The number of hydrogen-bond acceptors (Lipinski definition) is 2. The van der Waals surface area contributed by atoms with Gasteiger partial charge in [-0.1, -0.05) is 38.0 Å². The van der Waals surface area contributed by atoms with Crippen LogP contribution in [0.3, 0.4) is 0 Å². The summed E-state index contributed by atoms with van der Waals surface area (Å²) >= 11 is 0. The molecule has 24 heavy (non-hydrogen) atoms. The first-order chi connectivity index (χ1) is 11.6. The Balaban J connectivity index is 1.68. The van der Waals surface area contributed by atoms with Crippen LogP contribution in [-0.2, 0) is 4.79 Å². The molecule has 1 atom stereocenters. The predicted octanol–water partition coefficient (Wildman–Crippen LogP) is 3.16. The van der Waals surface area contributed by atoms with Crippen LogP contribution in [0.25, 0.3) is 0 Å². The van der Waals surface area contributed by atoms with Crippen molar-refractivity contribution >= 4 is 17.6 Å². The Hall–Kier alpha value is -2.04. The van der Waals surface area contributed by atoms with E-state index in [1.807, 2.05) is 37.3 Å². The molecular formula is C19H27N3O2. The average Bonchev–Trinajstić information content (AvgIpc) is 3.07. The summed E-state index contributed by atoms with van der Waals surface area (Å²) in [6.45, 7) is 5.06. The third-order valence-electron chi connectivity index (χ3n) is 5.59. The highest BCUT2D eigenvalue weighted by Crippen LogP contribution is 2.32. The summed E-state index contributed by atoms with van der Waals surface area (Å²) in [5.74, 6) is -0.0143. The highest BCUT2D eigenvalue weighted by Gasteiger charge is 2.39. The van der Waals surface area contributed by atoms with Crippen molar-refractivity contribution in [1.29, 1.82) is 0 Å². The first-order valence-electron chi connectivity index (χ1n) is 9.01. The number of para-hydroxylation sites is 1. The second-order valence-electron chi connectivity index (χ2n) is 6.97. The molecule has 130 valence electrons. The molecule has 1 saturated heterocycles. The van der Waals surface area contributed by atoms with Gasteiger partial charge < -0.3 is 15.1 Å². The number of hydrogen-bond donors (Lipinski definition) is 1. The molecule has 1 aromatic carbocycles. The zero-order chi connectivity index (χ0) is 17.2. The third kappa shape index (κ3) is 3.12. The van der Waals surface area contributed by atoms with Gasteiger partial charge in [-0.2, -0.15) is 0 Å². The number of benzene rings is 1. The maximum atomic E-state index is 12.8. The van der Waals surface area contributed by atoms with Gasteiger partial charge in [-0.3, -0.25) is 4.79 Å². The molecular weight excluding hydrogens is 302 g/mol. The molecule has 3 rings (SSSR count). The van der Waals surface area contributed by atoms with Crippen LogP contribution in [0.1, 0.15) is 46.0 Å². The van der Waals surface area contributed by atoms with E-state index in [2.05, 4.69) is 12.2 Å². The van der Waals surface area contributed by atoms with E-state index in [1.165, 1.54) is 12.8 Å². The number of nitrogens with zero attached hydrogens (tertiary/aromatic N) is 2. The number of carbonyl (C=O) groups is 2. The van der Waals surface area contributed by atoms with Crippen molar-refractivity contribution < 1.29 is 9.59 Å². The van der Waals surface area contributed by atoms with Gasteiger partial charge in [-0.05, 0) is 38.3 Å². The zero-order valence-electron chi connectivity index (χ0n) is 14.6. The Labute approximate surface area is 144 Å². The van der Waals surface area contributed by atoms with E-state index in [-0.39, 0.29) is 17.5 Å². The van der Waals surface area contributed by atoms with Gasteiger partial charge in [-0.15, -0.1) is 0 Å². The van der Waals surface area contributed by atoms with Crippen LogP contribution in [0.4, 0.5) is 10.5 Å². The highest BCUT2D eigenvalue weighted by molar-refractivity contribution is 6.00. The smallest absolute Gasteiger partial charge is 0.318 e. The molecule has 1 aliphatic carbocycles. The van der Waals surface area contributed by atoms with Crippen molar-refractivity contribution in [3.05, 3.63) is 30.3 Å².